The Morgan fingerprint density at radius 2 is 1.86 bits per heavy atom. The normalized spacial score (nSPS) is 27.2. The number of likely N-dealkylation sites (N-methyl/N-ethyl adjacent to an activating group) is 1. The van der Waals surface area contributed by atoms with E-state index in [0.29, 0.717) is 30.9 Å². The lowest BCUT2D eigenvalue weighted by Gasteiger charge is -2.61. The molecule has 5 rings (SSSR count). The topological polar surface area (TPSA) is 147 Å². The highest BCUT2D eigenvalue weighted by atomic mass is 16.6. The lowest BCUT2D eigenvalue weighted by atomic mass is 9.50. The van der Waals surface area contributed by atoms with E-state index in [9.17, 15) is 24.3 Å². The highest BCUT2D eigenvalue weighted by Gasteiger charge is 2.72. The monoisotopic (exact) mass is 615 g/mol. The highest BCUT2D eigenvalue weighted by Crippen LogP contribution is 2.65. The van der Waals surface area contributed by atoms with Crippen molar-refractivity contribution in [2.75, 3.05) is 27.3 Å². The van der Waals surface area contributed by atoms with Gasteiger partial charge in [-0.25, -0.2) is 4.79 Å². The predicted octanol–water partition coefficient (Wildman–Crippen LogP) is 2.50. The van der Waals surface area contributed by atoms with Crippen molar-refractivity contribution in [3.63, 3.8) is 0 Å². The fraction of sp³-hybridized carbons (Fsp3) is 0.625. The number of ether oxygens (including phenoxy) is 6. The molecular weight excluding hydrogens is 574 g/mol. The molecular formula is C32H41NO11. The van der Waals surface area contributed by atoms with Crippen molar-refractivity contribution in [2.45, 2.75) is 101 Å². The molecule has 0 unspecified atom stereocenters. The van der Waals surface area contributed by atoms with Crippen molar-refractivity contribution in [1.29, 1.82) is 0 Å². The third-order valence-electron chi connectivity index (χ3n) is 8.92. The number of esters is 4. The number of carbonyl (C=O) groups excluding carboxylic acids is 4. The van der Waals surface area contributed by atoms with Crippen LogP contribution in [0.2, 0.25) is 0 Å². The summed E-state index contributed by atoms with van der Waals surface area (Å²) in [5, 5.41) is 12.4. The number of aliphatic hydroxyl groups is 1. The van der Waals surface area contributed by atoms with Gasteiger partial charge >= 0.3 is 23.9 Å². The van der Waals surface area contributed by atoms with Gasteiger partial charge in [-0.1, -0.05) is 6.07 Å². The van der Waals surface area contributed by atoms with Crippen LogP contribution >= 0.6 is 0 Å². The van der Waals surface area contributed by atoms with Gasteiger partial charge in [0.1, 0.15) is 11.4 Å². The van der Waals surface area contributed by atoms with Crippen molar-refractivity contribution in [2.24, 2.45) is 0 Å². The van der Waals surface area contributed by atoms with E-state index in [1.54, 1.807) is 40.9 Å². The number of hydrogen-bond donors (Lipinski definition) is 1. The molecule has 2 aliphatic carbocycles. The Balaban J connectivity index is 1.39. The number of benzene rings is 1. The van der Waals surface area contributed by atoms with E-state index in [-0.39, 0.29) is 37.7 Å². The van der Waals surface area contributed by atoms with Crippen LogP contribution in [0.15, 0.2) is 24.0 Å². The number of carbonyl (C=O) groups is 4. The largest absolute Gasteiger partial charge is 0.493 e. The maximum atomic E-state index is 13.6. The molecule has 1 N–H and O–H groups in total. The molecule has 1 fully saturated rings. The Bertz CT molecular complexity index is 1380. The molecule has 0 saturated carbocycles. The van der Waals surface area contributed by atoms with Gasteiger partial charge in [-0.2, -0.15) is 0 Å². The van der Waals surface area contributed by atoms with Gasteiger partial charge in [-0.15, -0.1) is 0 Å². The van der Waals surface area contributed by atoms with E-state index in [0.717, 1.165) is 11.1 Å². The van der Waals surface area contributed by atoms with Crippen LogP contribution in [0.5, 0.6) is 11.5 Å². The number of hydrogen-bond acceptors (Lipinski definition) is 12. The van der Waals surface area contributed by atoms with E-state index in [1.165, 1.54) is 0 Å². The zero-order valence-corrected chi connectivity index (χ0v) is 26.1. The minimum absolute atomic E-state index is 0.0629. The second kappa shape index (κ2) is 11.7. The summed E-state index contributed by atoms with van der Waals surface area (Å²) in [5.41, 5.74) is -0.936. The molecule has 2 heterocycles. The molecule has 12 heteroatoms. The number of piperidine rings is 1. The molecule has 2 bridgehead atoms. The molecule has 12 nitrogen and oxygen atoms in total. The first-order chi connectivity index (χ1) is 20.7. The van der Waals surface area contributed by atoms with Gasteiger partial charge in [0, 0.05) is 18.0 Å². The summed E-state index contributed by atoms with van der Waals surface area (Å²) in [6.45, 7) is 7.48. The Hall–Kier alpha value is -3.64. The SMILES string of the molecule is CCOC(=O)C[C@H](OC(=O)CCC(=O)OC(C)(C)C)C(=O)OC1=CC[C@@]2(O)[C@H]3Cc4ccc(OC)c5c4[C@@]2(CCN3C)[C@H]1O5. The van der Waals surface area contributed by atoms with E-state index in [1.807, 2.05) is 19.2 Å². The summed E-state index contributed by atoms with van der Waals surface area (Å²) in [7, 11) is 3.54. The molecule has 1 spiro atoms. The summed E-state index contributed by atoms with van der Waals surface area (Å²) in [5.74, 6) is -2.05. The molecule has 1 aromatic rings. The first-order valence-corrected chi connectivity index (χ1v) is 15.0. The fourth-order valence-electron chi connectivity index (χ4n) is 7.13. The lowest BCUT2D eigenvalue weighted by molar-refractivity contribution is -0.178. The molecule has 0 amide bonds. The smallest absolute Gasteiger partial charge is 0.353 e. The van der Waals surface area contributed by atoms with E-state index >= 15 is 0 Å². The van der Waals surface area contributed by atoms with Crippen molar-refractivity contribution in [1.82, 2.24) is 4.90 Å². The zero-order chi connectivity index (χ0) is 32.0. The van der Waals surface area contributed by atoms with Crippen LogP contribution in [0.25, 0.3) is 0 Å². The Labute approximate surface area is 256 Å². The minimum Gasteiger partial charge on any atom is -0.493 e. The van der Waals surface area contributed by atoms with Gasteiger partial charge in [0.05, 0.1) is 44.0 Å². The first kappa shape index (κ1) is 31.8. The third-order valence-corrected chi connectivity index (χ3v) is 8.92. The van der Waals surface area contributed by atoms with Gasteiger partial charge in [-0.05, 0) is 71.8 Å². The summed E-state index contributed by atoms with van der Waals surface area (Å²) in [6, 6.07) is 3.64. The second-order valence-electron chi connectivity index (χ2n) is 12.8. The van der Waals surface area contributed by atoms with Crippen LogP contribution in [-0.2, 0) is 50.0 Å². The van der Waals surface area contributed by atoms with Crippen molar-refractivity contribution < 1.29 is 52.7 Å². The van der Waals surface area contributed by atoms with Crippen LogP contribution in [-0.4, -0.2) is 90.6 Å². The van der Waals surface area contributed by atoms with Gasteiger partial charge in [-0.3, -0.25) is 14.4 Å². The fourth-order valence-corrected chi connectivity index (χ4v) is 7.13. The maximum absolute atomic E-state index is 13.6. The van der Waals surface area contributed by atoms with E-state index in [2.05, 4.69) is 4.90 Å². The molecule has 0 radical (unpaired) electrons. The van der Waals surface area contributed by atoms with Crippen LogP contribution in [0.1, 0.15) is 70.9 Å². The summed E-state index contributed by atoms with van der Waals surface area (Å²) < 4.78 is 33.6. The Morgan fingerprint density at radius 1 is 1.14 bits per heavy atom. The second-order valence-corrected chi connectivity index (χ2v) is 12.8. The standard InChI is InChI=1S/C32H41NO11/c1-7-40-25(36)17-21(41-23(34)10-11-24(35)44-30(2,3)4)29(37)42-20-12-13-32(38)22-16-18-8-9-19(39-6)27-26(18)31(32,28(20)43-27)14-15-33(22)5/h8-9,12,21-22,28,38H,7,10-11,13-17H2,1-6H3/t21-,22+,28-,31-,32+/m0/s1. The molecule has 4 aliphatic rings. The van der Waals surface area contributed by atoms with E-state index < -0.39 is 59.1 Å². The summed E-state index contributed by atoms with van der Waals surface area (Å²) >= 11 is 0. The molecule has 1 aromatic carbocycles. The Kier molecular flexibility index (Phi) is 8.45. The molecule has 240 valence electrons. The number of rotatable bonds is 10. The summed E-state index contributed by atoms with van der Waals surface area (Å²) in [4.78, 5) is 52.9. The maximum Gasteiger partial charge on any atom is 0.353 e. The molecule has 5 atom stereocenters. The number of methoxy groups -OCH3 is 1. The van der Waals surface area contributed by atoms with Gasteiger partial charge in [0.2, 0.25) is 6.10 Å². The number of nitrogens with zero attached hydrogens (tertiary/aromatic N) is 1. The highest BCUT2D eigenvalue weighted by molar-refractivity contribution is 5.86. The van der Waals surface area contributed by atoms with Crippen molar-refractivity contribution in [3.8, 4) is 11.5 Å². The Morgan fingerprint density at radius 3 is 2.55 bits per heavy atom. The van der Waals surface area contributed by atoms with Gasteiger partial charge < -0.3 is 38.4 Å². The first-order valence-electron chi connectivity index (χ1n) is 15.0. The van der Waals surface area contributed by atoms with Crippen LogP contribution in [0, 0.1) is 0 Å². The quantitative estimate of drug-likeness (QED) is 0.305. The minimum atomic E-state index is -1.63. The summed E-state index contributed by atoms with van der Waals surface area (Å²) in [6.07, 6.45) is -0.709. The van der Waals surface area contributed by atoms with Crippen LogP contribution < -0.4 is 9.47 Å². The van der Waals surface area contributed by atoms with Crippen LogP contribution in [0.3, 0.4) is 0 Å². The van der Waals surface area contributed by atoms with Crippen molar-refractivity contribution in [3.05, 3.63) is 35.1 Å². The molecule has 44 heavy (non-hydrogen) atoms. The average molecular weight is 616 g/mol. The zero-order valence-electron chi connectivity index (χ0n) is 26.1. The third kappa shape index (κ3) is 5.42. The van der Waals surface area contributed by atoms with E-state index in [4.69, 9.17) is 28.4 Å². The average Bonchev–Trinajstić information content (AvgIpc) is 3.30. The lowest BCUT2D eigenvalue weighted by Crippen LogP contribution is -2.74. The molecule has 2 aliphatic heterocycles. The molecule has 0 aromatic heterocycles. The van der Waals surface area contributed by atoms with Crippen LogP contribution in [0.4, 0.5) is 0 Å². The van der Waals surface area contributed by atoms with Gasteiger partial charge in [0.15, 0.2) is 17.6 Å². The van der Waals surface area contributed by atoms with Gasteiger partial charge in [0.25, 0.3) is 0 Å². The van der Waals surface area contributed by atoms with Crippen molar-refractivity contribution >= 4 is 23.9 Å². The predicted molar refractivity (Wildman–Crippen MR) is 154 cm³/mol. The number of likely N-dealkylation sites (tertiary alicyclic amines) is 1. The molecule has 1 saturated heterocycles.